The maximum absolute atomic E-state index is 17.6. The van der Waals surface area contributed by atoms with E-state index in [1.165, 1.54) is 73.1 Å². The van der Waals surface area contributed by atoms with Crippen molar-refractivity contribution in [2.75, 3.05) is 0 Å². The zero-order valence-corrected chi connectivity index (χ0v) is 31.5. The topological polar surface area (TPSA) is 59.9 Å². The summed E-state index contributed by atoms with van der Waals surface area (Å²) in [5, 5.41) is 0. The highest BCUT2D eigenvalue weighted by Gasteiger charge is 2.62. The number of halogens is 6. The van der Waals surface area contributed by atoms with Gasteiger partial charge in [-0.05, 0) is 130 Å². The molecule has 0 aliphatic carbocycles. The molecule has 59 heavy (non-hydrogen) atoms. The van der Waals surface area contributed by atoms with Gasteiger partial charge < -0.3 is 0 Å². The maximum atomic E-state index is 17.6. The molecule has 0 aliphatic heterocycles. The molecule has 6 aromatic carbocycles. The van der Waals surface area contributed by atoms with Crippen LogP contribution in [-0.4, -0.2) is 18.4 Å². The maximum Gasteiger partial charge on any atom is 0.186 e. The van der Waals surface area contributed by atoms with Gasteiger partial charge in [-0.15, -0.1) is 0 Å². The molecule has 2 aromatic heterocycles. The molecule has 0 radical (unpaired) electrons. The second kappa shape index (κ2) is 15.5. The molecule has 11 heteroatoms. The summed E-state index contributed by atoms with van der Waals surface area (Å²) in [4.78, 5) is 8.93. The Kier molecular flexibility index (Phi) is 10.2. The predicted molar refractivity (Wildman–Crippen MR) is 214 cm³/mol. The first-order valence-electron chi connectivity index (χ1n) is 18.2. The van der Waals surface area contributed by atoms with Gasteiger partial charge in [-0.25, -0.2) is 34.8 Å². The normalized spacial score (nSPS) is 12.0. The number of rotatable bonds is 10. The van der Waals surface area contributed by atoms with E-state index < -0.39 is 54.2 Å². The van der Waals surface area contributed by atoms with Gasteiger partial charge in [-0.3, -0.25) is 9.97 Å². The molecule has 0 unspecified atom stereocenters. The molecule has 292 valence electrons. The van der Waals surface area contributed by atoms with Crippen LogP contribution in [0.2, 0.25) is 0 Å². The average molecular weight is 813 g/mol. The lowest BCUT2D eigenvalue weighted by atomic mass is 9.79. The van der Waals surface area contributed by atoms with Gasteiger partial charge in [0, 0.05) is 23.5 Å². The molecular weight excluding hydrogens is 783 g/mol. The molecule has 0 fully saturated rings. The molecule has 0 spiro atoms. The van der Waals surface area contributed by atoms with Gasteiger partial charge in [-0.1, -0.05) is 72.8 Å². The van der Waals surface area contributed by atoms with Crippen LogP contribution in [0, 0.1) is 34.9 Å². The molecule has 8 rings (SSSR count). The summed E-state index contributed by atoms with van der Waals surface area (Å²) in [7, 11) is -5.43. The van der Waals surface area contributed by atoms with Crippen LogP contribution in [0.15, 0.2) is 182 Å². The third-order valence-electron chi connectivity index (χ3n) is 10.4. The van der Waals surface area contributed by atoms with Gasteiger partial charge in [0.15, 0.2) is 9.84 Å². The predicted octanol–water partition coefficient (Wildman–Crippen LogP) is 11.3. The SMILES string of the molecule is O=S(=O)(C(c1ccc(F)cc1)(c1ccc(F)cc1)c1ccc(F)cc1-c1ccccn1)C(c1ccc(F)cc1)(c1ccc(F)cc1)c1ccc(F)cc1-c1ccccn1. The summed E-state index contributed by atoms with van der Waals surface area (Å²) in [5.41, 5.74) is -0.204. The van der Waals surface area contributed by atoms with Crippen LogP contribution in [0.5, 0.6) is 0 Å². The minimum atomic E-state index is -5.43. The summed E-state index contributed by atoms with van der Waals surface area (Å²) < 4.78 is 121. The number of sulfone groups is 1. The van der Waals surface area contributed by atoms with E-state index >= 15 is 34.8 Å². The van der Waals surface area contributed by atoms with Crippen molar-refractivity contribution in [1.29, 1.82) is 0 Å². The molecular formula is C48H30F6N2O2S. The minimum absolute atomic E-state index is 0.000933. The van der Waals surface area contributed by atoms with Crippen LogP contribution in [0.25, 0.3) is 22.5 Å². The Balaban J connectivity index is 1.68. The van der Waals surface area contributed by atoms with E-state index in [0.29, 0.717) is 0 Å². The molecule has 8 aromatic rings. The van der Waals surface area contributed by atoms with Gasteiger partial charge in [-0.2, -0.15) is 0 Å². The first kappa shape index (κ1) is 39.0. The van der Waals surface area contributed by atoms with Crippen molar-refractivity contribution in [3.8, 4) is 22.5 Å². The van der Waals surface area contributed by atoms with Gasteiger partial charge in [0.05, 0.1) is 11.4 Å². The lowest BCUT2D eigenvalue weighted by Crippen LogP contribution is -2.52. The van der Waals surface area contributed by atoms with Crippen LogP contribution in [0.3, 0.4) is 0 Å². The highest BCUT2D eigenvalue weighted by atomic mass is 32.2. The van der Waals surface area contributed by atoms with Crippen molar-refractivity contribution in [2.45, 2.75) is 9.49 Å². The quantitative estimate of drug-likeness (QED) is 0.102. The molecule has 2 heterocycles. The minimum Gasteiger partial charge on any atom is -0.256 e. The lowest BCUT2D eigenvalue weighted by molar-refractivity contribution is 0.544. The van der Waals surface area contributed by atoms with E-state index in [9.17, 15) is 0 Å². The first-order valence-corrected chi connectivity index (χ1v) is 19.7. The molecule has 0 saturated heterocycles. The van der Waals surface area contributed by atoms with Gasteiger partial charge in [0.25, 0.3) is 0 Å². The number of hydrogen-bond donors (Lipinski definition) is 0. The molecule has 0 N–H and O–H groups in total. The standard InChI is InChI=1S/C48H30F6N2O2S/c49-35-15-7-31(8-16-35)47(32-9-17-36(50)18-10-32,43-25-23-39(53)29-41(43)45-5-1-3-27-55-45)59(57,58)48(33-11-19-37(51)20-12-33,34-13-21-38(52)22-14-34)44-26-24-40(54)30-42(44)46-6-2-4-28-56-46/h1-30H. The molecule has 0 saturated carbocycles. The molecule has 0 bridgehead atoms. The zero-order chi connectivity index (χ0) is 41.4. The number of aromatic nitrogens is 2. The fourth-order valence-electron chi connectivity index (χ4n) is 7.95. The van der Waals surface area contributed by atoms with Crippen LogP contribution in [0.1, 0.15) is 33.4 Å². The highest BCUT2D eigenvalue weighted by Crippen LogP contribution is 2.59. The number of hydrogen-bond acceptors (Lipinski definition) is 4. The van der Waals surface area contributed by atoms with E-state index in [1.54, 1.807) is 36.4 Å². The van der Waals surface area contributed by atoms with E-state index in [4.69, 9.17) is 0 Å². The Bertz CT molecular complexity index is 2590. The second-order valence-electron chi connectivity index (χ2n) is 13.7. The van der Waals surface area contributed by atoms with Gasteiger partial charge in [0.2, 0.25) is 0 Å². The van der Waals surface area contributed by atoms with Crippen molar-refractivity contribution >= 4 is 9.84 Å². The molecule has 4 nitrogen and oxygen atoms in total. The van der Waals surface area contributed by atoms with E-state index in [0.717, 1.165) is 72.8 Å². The third-order valence-corrected chi connectivity index (χ3v) is 13.4. The van der Waals surface area contributed by atoms with Crippen molar-refractivity contribution in [2.24, 2.45) is 0 Å². The van der Waals surface area contributed by atoms with Crippen molar-refractivity contribution in [3.05, 3.63) is 251 Å². The van der Waals surface area contributed by atoms with Crippen molar-refractivity contribution < 1.29 is 34.8 Å². The third kappa shape index (κ3) is 6.57. The Morgan fingerprint density at radius 2 is 0.644 bits per heavy atom. The summed E-state index contributed by atoms with van der Waals surface area (Å²) >= 11 is 0. The smallest absolute Gasteiger partial charge is 0.186 e. The second-order valence-corrected chi connectivity index (χ2v) is 15.9. The van der Waals surface area contributed by atoms with Crippen LogP contribution < -0.4 is 0 Å². The molecule has 0 atom stereocenters. The number of benzene rings is 6. The van der Waals surface area contributed by atoms with Gasteiger partial charge in [0.1, 0.15) is 44.4 Å². The van der Waals surface area contributed by atoms with Crippen LogP contribution in [0.4, 0.5) is 26.3 Å². The van der Waals surface area contributed by atoms with E-state index in [2.05, 4.69) is 9.97 Å². The fraction of sp³-hybridized carbons (Fsp3) is 0.0417. The fourth-order valence-corrected chi connectivity index (χ4v) is 11.1. The zero-order valence-electron chi connectivity index (χ0n) is 30.7. The van der Waals surface area contributed by atoms with E-state index in [-0.39, 0.29) is 55.9 Å². The Morgan fingerprint density at radius 3 is 0.915 bits per heavy atom. The number of pyridine rings is 2. The average Bonchev–Trinajstić information content (AvgIpc) is 3.25. The van der Waals surface area contributed by atoms with Crippen molar-refractivity contribution in [3.63, 3.8) is 0 Å². The van der Waals surface area contributed by atoms with Crippen LogP contribution >= 0.6 is 0 Å². The van der Waals surface area contributed by atoms with E-state index in [1.807, 2.05) is 0 Å². The monoisotopic (exact) mass is 812 g/mol. The highest BCUT2D eigenvalue weighted by molar-refractivity contribution is 7.94. The molecule has 0 amide bonds. The molecule has 0 aliphatic rings. The lowest BCUT2D eigenvalue weighted by Gasteiger charge is -2.46. The summed E-state index contributed by atoms with van der Waals surface area (Å²) in [6.45, 7) is 0. The summed E-state index contributed by atoms with van der Waals surface area (Å²) in [6.07, 6.45) is 2.88. The van der Waals surface area contributed by atoms with Crippen molar-refractivity contribution in [1.82, 2.24) is 9.97 Å². The Morgan fingerprint density at radius 1 is 0.356 bits per heavy atom. The summed E-state index contributed by atoms with van der Waals surface area (Å²) in [6, 6.07) is 35.0. The van der Waals surface area contributed by atoms with Gasteiger partial charge >= 0.3 is 0 Å². The Hall–Kier alpha value is -6.85. The first-order chi connectivity index (χ1) is 28.5. The van der Waals surface area contributed by atoms with Crippen LogP contribution in [-0.2, 0) is 19.3 Å². The largest absolute Gasteiger partial charge is 0.256 e. The summed E-state index contributed by atoms with van der Waals surface area (Å²) in [5.74, 6) is -4.38. The number of nitrogens with zero attached hydrogens (tertiary/aromatic N) is 2. The Labute approximate surface area is 336 Å².